The number of sulfonamides is 1. The van der Waals surface area contributed by atoms with Crippen molar-refractivity contribution in [3.63, 3.8) is 0 Å². The maximum Gasteiger partial charge on any atom is 0.243 e. The molecule has 4 nitrogen and oxygen atoms in total. The number of hydrogen-bond acceptors (Lipinski definition) is 3. The van der Waals surface area contributed by atoms with Gasteiger partial charge >= 0.3 is 0 Å². The van der Waals surface area contributed by atoms with Gasteiger partial charge < -0.3 is 0 Å². The molecule has 0 aromatic heterocycles. The summed E-state index contributed by atoms with van der Waals surface area (Å²) in [6, 6.07) is 20.5. The highest BCUT2D eigenvalue weighted by atomic mass is 79.9. The predicted molar refractivity (Wildman–Crippen MR) is 119 cm³/mol. The van der Waals surface area contributed by atoms with Gasteiger partial charge in [0.05, 0.1) is 10.9 Å². The molecule has 3 aromatic carbocycles. The molecule has 1 aliphatic heterocycles. The summed E-state index contributed by atoms with van der Waals surface area (Å²) in [5, 5.41) is 0. The predicted octanol–water partition coefficient (Wildman–Crippen LogP) is 4.82. The molecule has 1 fully saturated rings. The normalized spacial score (nSPS) is 16.9. The van der Waals surface area contributed by atoms with Crippen LogP contribution in [0, 0.1) is 11.6 Å². The molecular weight excluding hydrogens is 486 g/mol. The van der Waals surface area contributed by atoms with Crippen LogP contribution in [0.15, 0.2) is 82.2 Å². The minimum absolute atomic E-state index is 0.0224. The minimum Gasteiger partial charge on any atom is -0.290 e. The fourth-order valence-corrected chi connectivity index (χ4v) is 5.65. The van der Waals surface area contributed by atoms with E-state index in [-0.39, 0.29) is 24.0 Å². The van der Waals surface area contributed by atoms with Crippen LogP contribution in [0.25, 0.3) is 0 Å². The van der Waals surface area contributed by atoms with Crippen molar-refractivity contribution in [2.24, 2.45) is 0 Å². The fourth-order valence-electron chi connectivity index (χ4n) is 3.92. The molecule has 1 heterocycles. The van der Waals surface area contributed by atoms with E-state index in [1.807, 2.05) is 30.3 Å². The molecule has 0 spiro atoms. The molecule has 4 rings (SSSR count). The van der Waals surface area contributed by atoms with E-state index in [0.717, 1.165) is 27.7 Å². The van der Waals surface area contributed by atoms with Crippen LogP contribution in [0.2, 0.25) is 0 Å². The van der Waals surface area contributed by atoms with Crippen molar-refractivity contribution in [1.82, 2.24) is 9.21 Å². The lowest BCUT2D eigenvalue weighted by Gasteiger charge is -2.39. The summed E-state index contributed by atoms with van der Waals surface area (Å²) in [4.78, 5) is 1.88. The van der Waals surface area contributed by atoms with E-state index in [1.165, 1.54) is 4.31 Å². The third-order valence-electron chi connectivity index (χ3n) is 5.41. The lowest BCUT2D eigenvalue weighted by Crippen LogP contribution is -2.49. The molecule has 0 radical (unpaired) electrons. The number of benzene rings is 3. The third kappa shape index (κ3) is 4.87. The highest BCUT2D eigenvalue weighted by Gasteiger charge is 2.32. The van der Waals surface area contributed by atoms with Gasteiger partial charge in [0, 0.05) is 36.7 Å². The second kappa shape index (κ2) is 9.16. The van der Waals surface area contributed by atoms with Gasteiger partial charge in [-0.25, -0.2) is 17.2 Å². The Kier molecular flexibility index (Phi) is 6.52. The molecule has 1 saturated heterocycles. The van der Waals surface area contributed by atoms with Crippen LogP contribution in [0.1, 0.15) is 17.2 Å². The molecule has 1 aliphatic rings. The van der Waals surface area contributed by atoms with Gasteiger partial charge in [-0.05, 0) is 35.4 Å². The van der Waals surface area contributed by atoms with Gasteiger partial charge in [-0.15, -0.1) is 0 Å². The van der Waals surface area contributed by atoms with Gasteiger partial charge in [0.1, 0.15) is 11.6 Å². The average molecular weight is 507 g/mol. The molecular formula is C23H21BrF2N2O2S. The largest absolute Gasteiger partial charge is 0.290 e. The highest BCUT2D eigenvalue weighted by molar-refractivity contribution is 9.10. The Labute approximate surface area is 189 Å². The van der Waals surface area contributed by atoms with Gasteiger partial charge in [0.25, 0.3) is 0 Å². The molecule has 0 unspecified atom stereocenters. The number of hydrogen-bond donors (Lipinski definition) is 0. The zero-order chi connectivity index (χ0) is 22.0. The van der Waals surface area contributed by atoms with E-state index in [1.54, 1.807) is 0 Å². The smallest absolute Gasteiger partial charge is 0.243 e. The molecule has 0 amide bonds. The van der Waals surface area contributed by atoms with E-state index in [2.05, 4.69) is 45.1 Å². The first-order valence-electron chi connectivity index (χ1n) is 9.85. The van der Waals surface area contributed by atoms with Crippen LogP contribution >= 0.6 is 15.9 Å². The topological polar surface area (TPSA) is 40.6 Å². The number of halogens is 3. The Morgan fingerprint density at radius 3 is 1.90 bits per heavy atom. The molecule has 0 saturated carbocycles. The van der Waals surface area contributed by atoms with Gasteiger partial charge in [0.2, 0.25) is 10.0 Å². The number of rotatable bonds is 5. The second-order valence-electron chi connectivity index (χ2n) is 7.41. The van der Waals surface area contributed by atoms with E-state index >= 15 is 0 Å². The number of nitrogens with zero attached hydrogens (tertiary/aromatic N) is 2. The SMILES string of the molecule is O=S(=O)(c1cc(F)cc(F)c1)N1CCN([C@@H](c2ccccc2)c2ccc(Br)cc2)CC1. The first kappa shape index (κ1) is 22.1. The van der Waals surface area contributed by atoms with Crippen LogP contribution in [-0.4, -0.2) is 43.8 Å². The van der Waals surface area contributed by atoms with Crippen LogP contribution < -0.4 is 0 Å². The van der Waals surface area contributed by atoms with Gasteiger partial charge in [-0.1, -0.05) is 58.4 Å². The standard InChI is InChI=1S/C23H21BrF2N2O2S/c24-19-8-6-18(7-9-19)23(17-4-2-1-3-5-17)27-10-12-28(13-11-27)31(29,30)22-15-20(25)14-21(26)16-22/h1-9,14-16,23H,10-13H2/t23-/m0/s1. The zero-order valence-electron chi connectivity index (χ0n) is 16.6. The average Bonchev–Trinajstić information content (AvgIpc) is 2.76. The van der Waals surface area contributed by atoms with E-state index in [9.17, 15) is 17.2 Å². The Morgan fingerprint density at radius 2 is 1.32 bits per heavy atom. The third-order valence-corrected chi connectivity index (χ3v) is 7.82. The summed E-state index contributed by atoms with van der Waals surface area (Å²) < 4.78 is 55.2. The first-order valence-corrected chi connectivity index (χ1v) is 12.1. The highest BCUT2D eigenvalue weighted by Crippen LogP contribution is 2.31. The fraction of sp³-hybridized carbons (Fsp3) is 0.217. The van der Waals surface area contributed by atoms with Crippen LogP contribution in [0.5, 0.6) is 0 Å². The first-order chi connectivity index (χ1) is 14.8. The second-order valence-corrected chi connectivity index (χ2v) is 10.3. The van der Waals surface area contributed by atoms with Crippen molar-refractivity contribution in [2.45, 2.75) is 10.9 Å². The summed E-state index contributed by atoms with van der Waals surface area (Å²) in [6.45, 7) is 1.46. The van der Waals surface area contributed by atoms with E-state index < -0.39 is 21.7 Å². The van der Waals surface area contributed by atoms with E-state index in [4.69, 9.17) is 0 Å². The monoisotopic (exact) mass is 506 g/mol. The van der Waals surface area contributed by atoms with Crippen molar-refractivity contribution < 1.29 is 17.2 Å². The summed E-state index contributed by atoms with van der Waals surface area (Å²) in [5.74, 6) is -1.81. The van der Waals surface area contributed by atoms with Gasteiger partial charge in [-0.2, -0.15) is 4.31 Å². The lowest BCUT2D eigenvalue weighted by atomic mass is 9.96. The van der Waals surface area contributed by atoms with Crippen molar-refractivity contribution in [3.8, 4) is 0 Å². The molecule has 31 heavy (non-hydrogen) atoms. The van der Waals surface area contributed by atoms with Crippen LogP contribution in [-0.2, 0) is 10.0 Å². The minimum atomic E-state index is -3.97. The van der Waals surface area contributed by atoms with E-state index in [0.29, 0.717) is 19.2 Å². The van der Waals surface area contributed by atoms with Crippen molar-refractivity contribution in [3.05, 3.63) is 100 Å². The maximum absolute atomic E-state index is 13.6. The maximum atomic E-state index is 13.6. The quantitative estimate of drug-likeness (QED) is 0.497. The Bertz CT molecular complexity index is 1130. The Morgan fingerprint density at radius 1 is 0.774 bits per heavy atom. The molecule has 0 N–H and O–H groups in total. The van der Waals surface area contributed by atoms with Crippen molar-refractivity contribution in [2.75, 3.05) is 26.2 Å². The van der Waals surface area contributed by atoms with Crippen molar-refractivity contribution >= 4 is 26.0 Å². The summed E-state index contributed by atoms with van der Waals surface area (Å²) >= 11 is 3.47. The van der Waals surface area contributed by atoms with Crippen LogP contribution in [0.3, 0.4) is 0 Å². The van der Waals surface area contributed by atoms with Gasteiger partial charge in [-0.3, -0.25) is 4.90 Å². The summed E-state index contributed by atoms with van der Waals surface area (Å²) in [5.41, 5.74) is 2.23. The lowest BCUT2D eigenvalue weighted by molar-refractivity contribution is 0.155. The van der Waals surface area contributed by atoms with Crippen LogP contribution in [0.4, 0.5) is 8.78 Å². The number of piperazine rings is 1. The molecule has 0 aliphatic carbocycles. The molecule has 1 atom stereocenters. The molecule has 162 valence electrons. The molecule has 8 heteroatoms. The summed E-state index contributed by atoms with van der Waals surface area (Å²) in [6.07, 6.45) is 0. The molecule has 3 aromatic rings. The Hall–Kier alpha value is -2.13. The molecule has 0 bridgehead atoms. The van der Waals surface area contributed by atoms with Crippen molar-refractivity contribution in [1.29, 1.82) is 0 Å². The van der Waals surface area contributed by atoms with Gasteiger partial charge in [0.15, 0.2) is 0 Å². The zero-order valence-corrected chi connectivity index (χ0v) is 19.0. The Balaban J connectivity index is 1.57. The summed E-state index contributed by atoms with van der Waals surface area (Å²) in [7, 11) is -3.97.